The summed E-state index contributed by atoms with van der Waals surface area (Å²) in [6.07, 6.45) is 5.81. The molecule has 1 saturated heterocycles. The summed E-state index contributed by atoms with van der Waals surface area (Å²) in [5.74, 6) is 0. The molecule has 0 spiro atoms. The van der Waals surface area contributed by atoms with Gasteiger partial charge in [0, 0.05) is 25.0 Å². The summed E-state index contributed by atoms with van der Waals surface area (Å²) in [4.78, 5) is 35.3. The van der Waals surface area contributed by atoms with Gasteiger partial charge in [-0.2, -0.15) is 0 Å². The van der Waals surface area contributed by atoms with E-state index in [0.717, 1.165) is 23.4 Å². The van der Waals surface area contributed by atoms with Crippen LogP contribution >= 0.6 is 0 Å². The summed E-state index contributed by atoms with van der Waals surface area (Å²) >= 11 is 0. The van der Waals surface area contributed by atoms with Crippen molar-refractivity contribution < 1.29 is 14.3 Å². The van der Waals surface area contributed by atoms with E-state index in [-0.39, 0.29) is 24.3 Å². The molecule has 0 aromatic heterocycles. The van der Waals surface area contributed by atoms with E-state index in [4.69, 9.17) is 4.74 Å². The molecule has 3 aliphatic rings. The van der Waals surface area contributed by atoms with E-state index in [2.05, 4.69) is 4.99 Å². The van der Waals surface area contributed by atoms with Crippen LogP contribution in [-0.4, -0.2) is 54.1 Å². The number of ether oxygens (including phenoxy) is 1. The smallest absolute Gasteiger partial charge is 0.414 e. The monoisotopic (exact) mass is 382 g/mol. The van der Waals surface area contributed by atoms with Gasteiger partial charge in [-0.15, -0.1) is 0 Å². The van der Waals surface area contributed by atoms with Gasteiger partial charge in [0.05, 0.1) is 11.7 Å². The lowest BCUT2D eigenvalue weighted by molar-refractivity contribution is 0.0584. The number of aliphatic imine (C=N–C) groups is 1. The van der Waals surface area contributed by atoms with Gasteiger partial charge in [-0.3, -0.25) is 14.8 Å². The van der Waals surface area contributed by atoms with E-state index in [1.54, 1.807) is 16.0 Å². The Bertz CT molecular complexity index is 871. The molecule has 4 rings (SSSR count). The van der Waals surface area contributed by atoms with Crippen LogP contribution in [0, 0.1) is 0 Å². The zero-order valence-electron chi connectivity index (χ0n) is 16.8. The molecule has 28 heavy (non-hydrogen) atoms. The molecule has 3 aliphatic heterocycles. The summed E-state index contributed by atoms with van der Waals surface area (Å²) in [5.41, 5.74) is 2.17. The number of anilines is 2. The zero-order valence-corrected chi connectivity index (χ0v) is 16.8. The van der Waals surface area contributed by atoms with Gasteiger partial charge in [-0.05, 0) is 64.0 Å². The van der Waals surface area contributed by atoms with E-state index >= 15 is 0 Å². The summed E-state index contributed by atoms with van der Waals surface area (Å²) in [7, 11) is 0. The average molecular weight is 382 g/mol. The molecule has 0 radical (unpaired) electrons. The Kier molecular flexibility index (Phi) is 4.40. The fraction of sp³-hybridized carbons (Fsp3) is 0.476. The highest BCUT2D eigenvalue weighted by Gasteiger charge is 2.45. The molecule has 3 heterocycles. The Morgan fingerprint density at radius 1 is 1.32 bits per heavy atom. The number of hydrogen-bond donors (Lipinski definition) is 0. The standard InChI is InChI=1S/C21H26N4O3/c1-5-23-17-7-6-11-22-18(17)25(19(23)26)15-8-9-16-14(13-15)10-12-24(16)20(27)28-21(2,3)4/h6-9,11,13,17-18H,5,10,12H2,1-4H3. The Morgan fingerprint density at radius 3 is 2.82 bits per heavy atom. The van der Waals surface area contributed by atoms with Crippen LogP contribution in [0.4, 0.5) is 21.0 Å². The van der Waals surface area contributed by atoms with Gasteiger partial charge in [0.2, 0.25) is 0 Å². The third kappa shape index (κ3) is 3.04. The van der Waals surface area contributed by atoms with Crippen LogP contribution in [0.5, 0.6) is 0 Å². The first kappa shape index (κ1) is 18.5. The fourth-order valence-electron chi connectivity index (χ4n) is 4.01. The number of carbonyl (C=O) groups is 2. The number of benzene rings is 1. The quantitative estimate of drug-likeness (QED) is 0.785. The molecule has 2 atom stereocenters. The van der Waals surface area contributed by atoms with Crippen molar-refractivity contribution in [2.75, 3.05) is 22.9 Å². The molecule has 0 saturated carbocycles. The Labute approximate surface area is 165 Å². The van der Waals surface area contributed by atoms with E-state index in [0.29, 0.717) is 13.1 Å². The minimum absolute atomic E-state index is 0.0388. The van der Waals surface area contributed by atoms with Crippen LogP contribution in [0.1, 0.15) is 33.3 Å². The summed E-state index contributed by atoms with van der Waals surface area (Å²) in [6.45, 7) is 8.77. The number of urea groups is 1. The molecule has 0 N–H and O–H groups in total. The highest BCUT2D eigenvalue weighted by Crippen LogP contribution is 2.37. The molecule has 1 aromatic carbocycles. The second kappa shape index (κ2) is 6.65. The molecule has 3 amide bonds. The summed E-state index contributed by atoms with van der Waals surface area (Å²) in [5, 5.41) is 0. The number of rotatable bonds is 2. The highest BCUT2D eigenvalue weighted by atomic mass is 16.6. The van der Waals surface area contributed by atoms with Gasteiger partial charge in [0.15, 0.2) is 6.17 Å². The van der Waals surface area contributed by atoms with Gasteiger partial charge in [-0.25, -0.2) is 9.59 Å². The normalized spacial score (nSPS) is 23.3. The lowest BCUT2D eigenvalue weighted by Crippen LogP contribution is -2.36. The maximum Gasteiger partial charge on any atom is 0.414 e. The van der Waals surface area contributed by atoms with Gasteiger partial charge in [-0.1, -0.05) is 6.08 Å². The predicted molar refractivity (Wildman–Crippen MR) is 109 cm³/mol. The molecule has 7 nitrogen and oxygen atoms in total. The molecule has 0 bridgehead atoms. The Balaban J connectivity index is 1.62. The number of likely N-dealkylation sites (N-methyl/N-ethyl adjacent to an activating group) is 1. The van der Waals surface area contributed by atoms with Crippen LogP contribution in [0.25, 0.3) is 0 Å². The Morgan fingerprint density at radius 2 is 2.11 bits per heavy atom. The van der Waals surface area contributed by atoms with E-state index < -0.39 is 5.60 Å². The largest absolute Gasteiger partial charge is 0.443 e. The van der Waals surface area contributed by atoms with Crippen LogP contribution < -0.4 is 9.80 Å². The van der Waals surface area contributed by atoms with E-state index in [9.17, 15) is 9.59 Å². The van der Waals surface area contributed by atoms with Crippen LogP contribution in [0.3, 0.4) is 0 Å². The molecule has 2 unspecified atom stereocenters. The zero-order chi connectivity index (χ0) is 20.1. The minimum Gasteiger partial charge on any atom is -0.443 e. The molecule has 7 heteroatoms. The molecule has 1 fully saturated rings. The van der Waals surface area contributed by atoms with Crippen molar-refractivity contribution in [1.29, 1.82) is 0 Å². The fourth-order valence-corrected chi connectivity index (χ4v) is 4.01. The van der Waals surface area contributed by atoms with Crippen molar-refractivity contribution in [3.8, 4) is 0 Å². The summed E-state index contributed by atoms with van der Waals surface area (Å²) < 4.78 is 5.51. The minimum atomic E-state index is -0.535. The van der Waals surface area contributed by atoms with Crippen molar-refractivity contribution in [2.24, 2.45) is 4.99 Å². The number of amides is 3. The maximum absolute atomic E-state index is 13.0. The van der Waals surface area contributed by atoms with Gasteiger partial charge in [0.1, 0.15) is 5.60 Å². The second-order valence-electron chi connectivity index (χ2n) is 8.22. The van der Waals surface area contributed by atoms with Crippen LogP contribution in [0.15, 0.2) is 35.3 Å². The molecule has 1 aromatic rings. The van der Waals surface area contributed by atoms with Gasteiger partial charge < -0.3 is 9.64 Å². The lowest BCUT2D eigenvalue weighted by Gasteiger charge is -2.26. The number of hydrogen-bond acceptors (Lipinski definition) is 4. The number of allylic oxidation sites excluding steroid dienone is 1. The number of carbonyl (C=O) groups excluding carboxylic acids is 2. The second-order valence-corrected chi connectivity index (χ2v) is 8.22. The number of fused-ring (bicyclic) bond motifs is 2. The third-order valence-corrected chi connectivity index (χ3v) is 5.21. The Hall–Kier alpha value is -2.83. The number of dihydropyridines is 1. The van der Waals surface area contributed by atoms with Crippen LogP contribution in [-0.2, 0) is 11.2 Å². The van der Waals surface area contributed by atoms with Crippen molar-refractivity contribution in [1.82, 2.24) is 4.90 Å². The number of nitrogens with zero attached hydrogens (tertiary/aromatic N) is 4. The molecule has 0 aliphatic carbocycles. The van der Waals surface area contributed by atoms with Crippen molar-refractivity contribution >= 4 is 29.7 Å². The van der Waals surface area contributed by atoms with Crippen molar-refractivity contribution in [2.45, 2.75) is 51.9 Å². The van der Waals surface area contributed by atoms with E-state index in [1.807, 2.05) is 62.9 Å². The molecular weight excluding hydrogens is 356 g/mol. The first-order valence-corrected chi connectivity index (χ1v) is 9.73. The first-order chi connectivity index (χ1) is 13.3. The lowest BCUT2D eigenvalue weighted by atomic mass is 10.1. The van der Waals surface area contributed by atoms with E-state index in [1.165, 1.54) is 0 Å². The van der Waals surface area contributed by atoms with Gasteiger partial charge >= 0.3 is 12.1 Å². The SMILES string of the molecule is CCN1C(=O)N(c2ccc3c(c2)CCN3C(=O)OC(C)(C)C)C2N=CC=CC21. The highest BCUT2D eigenvalue weighted by molar-refractivity contribution is 5.98. The molecule has 148 valence electrons. The van der Waals surface area contributed by atoms with Crippen molar-refractivity contribution in [3.63, 3.8) is 0 Å². The first-order valence-electron chi connectivity index (χ1n) is 9.73. The average Bonchev–Trinajstić information content (AvgIpc) is 3.17. The third-order valence-electron chi connectivity index (χ3n) is 5.21. The maximum atomic E-state index is 13.0. The molecular formula is C21H26N4O3. The topological polar surface area (TPSA) is 65.5 Å². The summed E-state index contributed by atoms with van der Waals surface area (Å²) in [6, 6.07) is 5.71. The van der Waals surface area contributed by atoms with Gasteiger partial charge in [0.25, 0.3) is 0 Å². The van der Waals surface area contributed by atoms with Crippen molar-refractivity contribution in [3.05, 3.63) is 35.9 Å². The predicted octanol–water partition coefficient (Wildman–Crippen LogP) is 3.58. The van der Waals surface area contributed by atoms with Crippen LogP contribution in [0.2, 0.25) is 0 Å².